The van der Waals surface area contributed by atoms with Gasteiger partial charge >= 0.3 is 7.60 Å². The van der Waals surface area contributed by atoms with Gasteiger partial charge in [0.25, 0.3) is 0 Å². The van der Waals surface area contributed by atoms with Crippen LogP contribution < -0.4 is 9.46 Å². The molecule has 0 aliphatic heterocycles. The number of para-hydroxylation sites is 1. The van der Waals surface area contributed by atoms with Crippen molar-refractivity contribution in [1.29, 1.82) is 0 Å². The Balaban J connectivity index is 3.35. The lowest BCUT2D eigenvalue weighted by atomic mass is 10.2. The van der Waals surface area contributed by atoms with Crippen LogP contribution in [0.5, 0.6) is 5.75 Å². The zero-order chi connectivity index (χ0) is 17.0. The number of hydrogen-bond donors (Lipinski definition) is 1. The largest absolute Gasteiger partial charge is 0.496 e. The molecule has 1 unspecified atom stereocenters. The van der Waals surface area contributed by atoms with Crippen LogP contribution in [0.1, 0.15) is 32.1 Å². The second-order valence-corrected chi connectivity index (χ2v) is 9.87. The molecule has 22 heavy (non-hydrogen) atoms. The predicted molar refractivity (Wildman–Crippen MR) is 88.4 cm³/mol. The Bertz CT molecular complexity index is 565. The molecule has 0 heterocycles. The monoisotopic (exact) mass is 349 g/mol. The minimum absolute atomic E-state index is 0.514. The van der Waals surface area contributed by atoms with Crippen LogP contribution in [-0.2, 0) is 24.6 Å². The fourth-order valence-corrected chi connectivity index (χ4v) is 4.37. The van der Waals surface area contributed by atoms with E-state index in [0.717, 1.165) is 0 Å². The molecule has 0 spiro atoms. The minimum atomic E-state index is -3.56. The summed E-state index contributed by atoms with van der Waals surface area (Å²) in [4.78, 5) is 0. The summed E-state index contributed by atoms with van der Waals surface area (Å²) in [5, 5.41) is 0. The maximum atomic E-state index is 12.9. The van der Waals surface area contributed by atoms with Crippen LogP contribution in [0, 0.1) is 0 Å². The highest BCUT2D eigenvalue weighted by Crippen LogP contribution is 2.60. The van der Waals surface area contributed by atoms with E-state index < -0.39 is 29.1 Å². The van der Waals surface area contributed by atoms with Crippen LogP contribution in [0.4, 0.5) is 0 Å². The van der Waals surface area contributed by atoms with Gasteiger partial charge in [-0.2, -0.15) is 0 Å². The maximum absolute atomic E-state index is 12.9. The average molecular weight is 349 g/mol. The van der Waals surface area contributed by atoms with Crippen molar-refractivity contribution in [2.24, 2.45) is 0 Å². The fourth-order valence-electron chi connectivity index (χ4n) is 1.75. The Hall–Kier alpha value is -0.720. The van der Waals surface area contributed by atoms with Crippen molar-refractivity contribution in [3.63, 3.8) is 0 Å². The summed E-state index contributed by atoms with van der Waals surface area (Å²) in [6.07, 6.45) is 0. The SMILES string of the molecule is COc1ccccc1[C@H](NS(=O)C(C)(C)C)P(=O)(OC)OC. The Morgan fingerprint density at radius 3 is 2.14 bits per heavy atom. The number of ether oxygens (including phenoxy) is 1. The van der Waals surface area contributed by atoms with Gasteiger partial charge in [-0.05, 0) is 26.8 Å². The zero-order valence-electron chi connectivity index (χ0n) is 13.8. The Kier molecular flexibility index (Phi) is 6.77. The third kappa shape index (κ3) is 4.40. The second kappa shape index (κ2) is 7.70. The maximum Gasteiger partial charge on any atom is 0.352 e. The molecule has 126 valence electrons. The summed E-state index contributed by atoms with van der Waals surface area (Å²) in [5.41, 5.74) is 0.564. The predicted octanol–water partition coefficient (Wildman–Crippen LogP) is 3.23. The van der Waals surface area contributed by atoms with Gasteiger partial charge in [0, 0.05) is 19.8 Å². The summed E-state index contributed by atoms with van der Waals surface area (Å²) in [6, 6.07) is 7.05. The highest BCUT2D eigenvalue weighted by molar-refractivity contribution is 7.84. The quantitative estimate of drug-likeness (QED) is 0.765. The number of benzene rings is 1. The molecule has 1 N–H and O–H groups in total. The summed E-state index contributed by atoms with van der Waals surface area (Å²) >= 11 is 0. The van der Waals surface area contributed by atoms with Crippen molar-refractivity contribution < 1.29 is 22.6 Å². The molecule has 0 aliphatic rings. The second-order valence-electron chi connectivity index (χ2n) is 5.55. The van der Waals surface area contributed by atoms with Crippen molar-refractivity contribution in [3.8, 4) is 5.75 Å². The number of rotatable bonds is 7. The highest BCUT2D eigenvalue weighted by Gasteiger charge is 2.40. The lowest BCUT2D eigenvalue weighted by molar-refractivity contribution is 0.263. The van der Waals surface area contributed by atoms with Gasteiger partial charge in [-0.3, -0.25) is 4.57 Å². The molecule has 0 aliphatic carbocycles. The van der Waals surface area contributed by atoms with Crippen LogP contribution >= 0.6 is 7.60 Å². The van der Waals surface area contributed by atoms with E-state index in [2.05, 4.69) is 4.72 Å². The van der Waals surface area contributed by atoms with E-state index in [1.54, 1.807) is 24.3 Å². The van der Waals surface area contributed by atoms with Gasteiger partial charge in [0.15, 0.2) is 5.78 Å². The Morgan fingerprint density at radius 2 is 1.68 bits per heavy atom. The molecule has 0 bridgehead atoms. The molecule has 0 radical (unpaired) electrons. The van der Waals surface area contributed by atoms with E-state index in [0.29, 0.717) is 11.3 Å². The molecule has 6 nitrogen and oxygen atoms in total. The molecular formula is C14H24NO5PS. The molecule has 0 aromatic heterocycles. The van der Waals surface area contributed by atoms with Crippen molar-refractivity contribution >= 4 is 18.6 Å². The van der Waals surface area contributed by atoms with Gasteiger partial charge in [0.2, 0.25) is 0 Å². The van der Waals surface area contributed by atoms with Gasteiger partial charge in [0.05, 0.1) is 22.8 Å². The molecule has 1 aromatic rings. The topological polar surface area (TPSA) is 73.9 Å². The van der Waals surface area contributed by atoms with Crippen molar-refractivity contribution in [1.82, 2.24) is 4.72 Å². The third-order valence-corrected chi connectivity index (χ3v) is 6.83. The third-order valence-electron chi connectivity index (χ3n) is 3.03. The fraction of sp³-hybridized carbons (Fsp3) is 0.571. The van der Waals surface area contributed by atoms with Gasteiger partial charge in [-0.15, -0.1) is 0 Å². The summed E-state index contributed by atoms with van der Waals surface area (Å²) in [7, 11) is -0.912. The van der Waals surface area contributed by atoms with E-state index in [1.807, 2.05) is 20.8 Å². The molecule has 8 heteroatoms. The summed E-state index contributed by atoms with van der Waals surface area (Å²) < 4.78 is 43.2. The zero-order valence-corrected chi connectivity index (χ0v) is 15.5. The number of hydrogen-bond acceptors (Lipinski definition) is 5. The molecule has 0 amide bonds. The number of methoxy groups -OCH3 is 1. The molecule has 0 saturated carbocycles. The van der Waals surface area contributed by atoms with E-state index >= 15 is 0 Å². The van der Waals surface area contributed by atoms with Crippen LogP contribution in [0.2, 0.25) is 0 Å². The Labute approximate surface area is 134 Å². The molecule has 2 atom stereocenters. The van der Waals surface area contributed by atoms with Crippen LogP contribution in [0.3, 0.4) is 0 Å². The highest BCUT2D eigenvalue weighted by atomic mass is 32.2. The first-order valence-corrected chi connectivity index (χ1v) is 9.48. The molecule has 0 saturated heterocycles. The normalized spacial score (nSPS) is 15.4. The first-order chi connectivity index (χ1) is 10.2. The Morgan fingerprint density at radius 1 is 1.14 bits per heavy atom. The van der Waals surface area contributed by atoms with Crippen molar-refractivity contribution in [3.05, 3.63) is 29.8 Å². The first-order valence-electron chi connectivity index (χ1n) is 6.71. The smallest absolute Gasteiger partial charge is 0.352 e. The lowest BCUT2D eigenvalue weighted by Crippen LogP contribution is -2.36. The minimum Gasteiger partial charge on any atom is -0.496 e. The first kappa shape index (κ1) is 19.3. The molecule has 1 rings (SSSR count). The lowest BCUT2D eigenvalue weighted by Gasteiger charge is -2.29. The van der Waals surface area contributed by atoms with Gasteiger partial charge in [-0.25, -0.2) is 8.93 Å². The number of nitrogens with one attached hydrogen (secondary N) is 1. The molecular weight excluding hydrogens is 325 g/mol. The van der Waals surface area contributed by atoms with Crippen LogP contribution in [0.15, 0.2) is 24.3 Å². The van der Waals surface area contributed by atoms with E-state index in [9.17, 15) is 8.77 Å². The van der Waals surface area contributed by atoms with E-state index in [-0.39, 0.29) is 0 Å². The van der Waals surface area contributed by atoms with Crippen LogP contribution in [-0.4, -0.2) is 30.3 Å². The summed E-state index contributed by atoms with van der Waals surface area (Å²) in [5.74, 6) is -0.390. The van der Waals surface area contributed by atoms with Crippen LogP contribution in [0.25, 0.3) is 0 Å². The van der Waals surface area contributed by atoms with Crippen molar-refractivity contribution in [2.75, 3.05) is 21.3 Å². The van der Waals surface area contributed by atoms with Gasteiger partial charge in [0.1, 0.15) is 5.75 Å². The molecule has 0 fully saturated rings. The standard InChI is InChI=1S/C14H24NO5PS/c1-14(2,3)22(17)15-13(21(16,19-5)20-6)11-9-7-8-10-12(11)18-4/h7-10,13,15H,1-6H3/t13-,22?/m1/s1. The average Bonchev–Trinajstić information content (AvgIpc) is 2.50. The van der Waals surface area contributed by atoms with E-state index in [1.165, 1.54) is 21.3 Å². The van der Waals surface area contributed by atoms with E-state index in [4.69, 9.17) is 13.8 Å². The summed E-state index contributed by atoms with van der Waals surface area (Å²) in [6.45, 7) is 5.46. The molecule has 1 aromatic carbocycles. The van der Waals surface area contributed by atoms with Gasteiger partial charge in [-0.1, -0.05) is 18.2 Å². The van der Waals surface area contributed by atoms with Crippen molar-refractivity contribution in [2.45, 2.75) is 31.3 Å². The van der Waals surface area contributed by atoms with Gasteiger partial charge < -0.3 is 13.8 Å².